The van der Waals surface area contributed by atoms with Gasteiger partial charge in [0.15, 0.2) is 11.5 Å². The van der Waals surface area contributed by atoms with Crippen LogP contribution in [-0.2, 0) is 11.3 Å². The summed E-state index contributed by atoms with van der Waals surface area (Å²) in [6.45, 7) is 5.07. The van der Waals surface area contributed by atoms with Crippen LogP contribution in [0.1, 0.15) is 33.1 Å². The van der Waals surface area contributed by atoms with Gasteiger partial charge < -0.3 is 24.1 Å². The van der Waals surface area contributed by atoms with Crippen molar-refractivity contribution in [2.45, 2.75) is 45.8 Å². The lowest BCUT2D eigenvalue weighted by Crippen LogP contribution is -2.27. The Morgan fingerprint density at radius 1 is 1.12 bits per heavy atom. The molecule has 1 unspecified atom stereocenters. The summed E-state index contributed by atoms with van der Waals surface area (Å²) in [7, 11) is 0. The molecule has 4 rings (SSSR count). The second kappa shape index (κ2) is 9.77. The van der Waals surface area contributed by atoms with E-state index in [-0.39, 0.29) is 24.1 Å². The fourth-order valence-electron chi connectivity index (χ4n) is 3.76. The number of unbranched alkanes of at least 4 members (excludes halogenated alkanes) is 1. The molecule has 0 bridgehead atoms. The SMILES string of the molecule is CCCCC(C)Oc1cccc2c(=O)n(CC(=O)Nc3ccc4c(c3)OCCO4)ccc12. The molecule has 1 amide bonds. The monoisotopic (exact) mass is 436 g/mol. The molecule has 1 aliphatic heterocycles. The van der Waals surface area contributed by atoms with Crippen molar-refractivity contribution in [3.05, 3.63) is 59.0 Å². The normalized spacial score (nSPS) is 13.6. The van der Waals surface area contributed by atoms with E-state index in [1.807, 2.05) is 25.1 Å². The smallest absolute Gasteiger partial charge is 0.259 e. The predicted molar refractivity (Wildman–Crippen MR) is 124 cm³/mol. The molecular formula is C25H28N2O5. The number of pyridine rings is 1. The topological polar surface area (TPSA) is 78.8 Å². The molecule has 2 aromatic carbocycles. The number of aromatic nitrogens is 1. The van der Waals surface area contributed by atoms with Gasteiger partial charge in [0.25, 0.3) is 5.56 Å². The molecule has 1 aliphatic rings. The molecule has 0 aliphatic carbocycles. The Hall–Kier alpha value is -3.48. The zero-order valence-corrected chi connectivity index (χ0v) is 18.4. The van der Waals surface area contributed by atoms with Gasteiger partial charge in [0.2, 0.25) is 5.91 Å². The van der Waals surface area contributed by atoms with E-state index >= 15 is 0 Å². The molecule has 1 aromatic heterocycles. The number of rotatable bonds is 8. The van der Waals surface area contributed by atoms with Crippen molar-refractivity contribution < 1.29 is 19.0 Å². The lowest BCUT2D eigenvalue weighted by Gasteiger charge is -2.19. The molecule has 7 nitrogen and oxygen atoms in total. The molecule has 1 atom stereocenters. The van der Waals surface area contributed by atoms with Crippen molar-refractivity contribution in [3.63, 3.8) is 0 Å². The Kier molecular flexibility index (Phi) is 6.63. The van der Waals surface area contributed by atoms with Gasteiger partial charge in [0.05, 0.1) is 11.5 Å². The molecule has 7 heteroatoms. The van der Waals surface area contributed by atoms with Gasteiger partial charge in [-0.25, -0.2) is 0 Å². The third-order valence-electron chi connectivity index (χ3n) is 5.41. The lowest BCUT2D eigenvalue weighted by molar-refractivity contribution is -0.116. The Morgan fingerprint density at radius 2 is 1.94 bits per heavy atom. The summed E-state index contributed by atoms with van der Waals surface area (Å²) < 4.78 is 18.5. The average Bonchev–Trinajstić information content (AvgIpc) is 2.80. The van der Waals surface area contributed by atoms with Crippen LogP contribution in [0.2, 0.25) is 0 Å². The third kappa shape index (κ3) is 4.88. The van der Waals surface area contributed by atoms with Gasteiger partial charge in [-0.3, -0.25) is 9.59 Å². The van der Waals surface area contributed by atoms with Crippen molar-refractivity contribution in [1.29, 1.82) is 0 Å². The maximum absolute atomic E-state index is 13.0. The van der Waals surface area contributed by atoms with Gasteiger partial charge in [0, 0.05) is 23.3 Å². The summed E-state index contributed by atoms with van der Waals surface area (Å²) in [5.74, 6) is 1.64. The van der Waals surface area contributed by atoms with E-state index in [9.17, 15) is 9.59 Å². The highest BCUT2D eigenvalue weighted by molar-refractivity contribution is 5.92. The van der Waals surface area contributed by atoms with Crippen LogP contribution in [0.15, 0.2) is 53.5 Å². The maximum atomic E-state index is 13.0. The van der Waals surface area contributed by atoms with E-state index in [2.05, 4.69) is 12.2 Å². The first-order valence-electron chi connectivity index (χ1n) is 11.0. The zero-order chi connectivity index (χ0) is 22.5. The van der Waals surface area contributed by atoms with Gasteiger partial charge in [0.1, 0.15) is 25.5 Å². The van der Waals surface area contributed by atoms with E-state index in [1.54, 1.807) is 30.5 Å². The quantitative estimate of drug-likeness (QED) is 0.567. The summed E-state index contributed by atoms with van der Waals surface area (Å²) >= 11 is 0. The molecule has 32 heavy (non-hydrogen) atoms. The summed E-state index contributed by atoms with van der Waals surface area (Å²) in [5.41, 5.74) is 0.358. The van der Waals surface area contributed by atoms with Crippen molar-refractivity contribution in [2.75, 3.05) is 18.5 Å². The Balaban J connectivity index is 1.49. The number of carbonyl (C=O) groups is 1. The molecule has 0 radical (unpaired) electrons. The number of amides is 1. The van der Waals surface area contributed by atoms with E-state index in [4.69, 9.17) is 14.2 Å². The Morgan fingerprint density at radius 3 is 2.75 bits per heavy atom. The minimum atomic E-state index is -0.302. The minimum Gasteiger partial charge on any atom is -0.490 e. The first-order valence-corrected chi connectivity index (χ1v) is 11.0. The maximum Gasteiger partial charge on any atom is 0.259 e. The van der Waals surface area contributed by atoms with E-state index < -0.39 is 0 Å². The molecule has 2 heterocycles. The fourth-order valence-corrected chi connectivity index (χ4v) is 3.76. The summed E-state index contributed by atoms with van der Waals surface area (Å²) in [6.07, 6.45) is 4.88. The zero-order valence-electron chi connectivity index (χ0n) is 18.4. The number of hydrogen-bond donors (Lipinski definition) is 1. The van der Waals surface area contributed by atoms with Gasteiger partial charge in [-0.1, -0.05) is 25.8 Å². The number of nitrogens with one attached hydrogen (secondary N) is 1. The highest BCUT2D eigenvalue weighted by atomic mass is 16.6. The molecule has 0 spiro atoms. The molecule has 0 saturated carbocycles. The van der Waals surface area contributed by atoms with Gasteiger partial charge in [-0.15, -0.1) is 0 Å². The third-order valence-corrected chi connectivity index (χ3v) is 5.41. The first kappa shape index (κ1) is 21.7. The molecule has 0 saturated heterocycles. The van der Waals surface area contributed by atoms with E-state index in [0.717, 1.165) is 24.6 Å². The Labute approximate surface area is 186 Å². The van der Waals surface area contributed by atoms with Gasteiger partial charge in [-0.2, -0.15) is 0 Å². The molecule has 1 N–H and O–H groups in total. The summed E-state index contributed by atoms with van der Waals surface area (Å²) in [6, 6.07) is 12.5. The van der Waals surface area contributed by atoms with Crippen LogP contribution in [0.4, 0.5) is 5.69 Å². The van der Waals surface area contributed by atoms with Crippen molar-refractivity contribution in [2.24, 2.45) is 0 Å². The number of fused-ring (bicyclic) bond motifs is 2. The van der Waals surface area contributed by atoms with Crippen LogP contribution < -0.4 is 25.1 Å². The second-order valence-corrected chi connectivity index (χ2v) is 7.94. The molecule has 168 valence electrons. The van der Waals surface area contributed by atoms with Crippen LogP contribution in [0, 0.1) is 0 Å². The lowest BCUT2D eigenvalue weighted by atomic mass is 10.1. The number of hydrogen-bond acceptors (Lipinski definition) is 5. The summed E-state index contributed by atoms with van der Waals surface area (Å²) in [5, 5.41) is 4.10. The predicted octanol–water partition coefficient (Wildman–Crippen LogP) is 4.37. The van der Waals surface area contributed by atoms with Crippen molar-refractivity contribution >= 4 is 22.4 Å². The van der Waals surface area contributed by atoms with E-state index in [0.29, 0.717) is 41.5 Å². The molecular weight excluding hydrogens is 408 g/mol. The summed E-state index contributed by atoms with van der Waals surface area (Å²) in [4.78, 5) is 25.6. The highest BCUT2D eigenvalue weighted by Crippen LogP contribution is 2.32. The van der Waals surface area contributed by atoms with Crippen LogP contribution in [0.25, 0.3) is 10.8 Å². The Bertz CT molecular complexity index is 1170. The highest BCUT2D eigenvalue weighted by Gasteiger charge is 2.15. The molecule has 0 fully saturated rings. The van der Waals surface area contributed by atoms with Crippen molar-refractivity contribution in [1.82, 2.24) is 4.57 Å². The number of ether oxygens (including phenoxy) is 3. The van der Waals surface area contributed by atoms with E-state index in [1.165, 1.54) is 4.57 Å². The fraction of sp³-hybridized carbons (Fsp3) is 0.360. The number of carbonyl (C=O) groups excluding carboxylic acids is 1. The van der Waals surface area contributed by atoms with Gasteiger partial charge >= 0.3 is 0 Å². The number of anilines is 1. The first-order chi connectivity index (χ1) is 15.5. The van der Waals surface area contributed by atoms with Crippen LogP contribution in [0.3, 0.4) is 0 Å². The number of nitrogens with zero attached hydrogens (tertiary/aromatic N) is 1. The van der Waals surface area contributed by atoms with Crippen LogP contribution in [0.5, 0.6) is 17.2 Å². The standard InChI is InChI=1S/C25H28N2O5/c1-3-4-6-17(2)32-21-8-5-7-20-19(21)11-12-27(25(20)29)16-24(28)26-18-9-10-22-23(15-18)31-14-13-30-22/h5,7-12,15,17H,3-4,6,13-14,16H2,1-2H3,(H,26,28). The minimum absolute atomic E-state index is 0.0692. The largest absolute Gasteiger partial charge is 0.490 e. The van der Waals surface area contributed by atoms with Gasteiger partial charge in [-0.05, 0) is 43.7 Å². The van der Waals surface area contributed by atoms with Crippen molar-refractivity contribution in [3.8, 4) is 17.2 Å². The van der Waals surface area contributed by atoms with Crippen LogP contribution >= 0.6 is 0 Å². The second-order valence-electron chi connectivity index (χ2n) is 7.94. The number of benzene rings is 2. The molecule has 3 aromatic rings. The van der Waals surface area contributed by atoms with Crippen LogP contribution in [-0.4, -0.2) is 29.8 Å². The average molecular weight is 437 g/mol.